The first-order valence-electron chi connectivity index (χ1n) is 7.98. The number of rotatable bonds is 5. The summed E-state index contributed by atoms with van der Waals surface area (Å²) in [6, 6.07) is 14.4. The fourth-order valence-corrected chi connectivity index (χ4v) is 3.00. The standard InChI is InChI=1S/C20H26ClNO/c1-20(2,3)16-8-9-19(23-4)18(12-16)15(13-22)10-14-6-5-7-17(21)11-14/h5-9,11-12,15H,10,13,22H2,1-4H3. The molecule has 0 radical (unpaired) electrons. The second-order valence-electron chi connectivity index (χ2n) is 6.97. The van der Waals surface area contributed by atoms with Crippen LogP contribution in [-0.2, 0) is 11.8 Å². The van der Waals surface area contributed by atoms with Crippen molar-refractivity contribution in [3.8, 4) is 5.75 Å². The quantitative estimate of drug-likeness (QED) is 0.843. The van der Waals surface area contributed by atoms with E-state index >= 15 is 0 Å². The van der Waals surface area contributed by atoms with Gasteiger partial charge in [-0.1, -0.05) is 56.6 Å². The molecular formula is C20H26ClNO. The van der Waals surface area contributed by atoms with E-state index in [4.69, 9.17) is 22.1 Å². The molecule has 2 rings (SSSR count). The number of hydrogen-bond donors (Lipinski definition) is 1. The highest BCUT2D eigenvalue weighted by Crippen LogP contribution is 2.34. The lowest BCUT2D eigenvalue weighted by Crippen LogP contribution is -2.18. The SMILES string of the molecule is COc1ccc(C(C)(C)C)cc1C(CN)Cc1cccc(Cl)c1. The lowest BCUT2D eigenvalue weighted by molar-refractivity contribution is 0.404. The maximum atomic E-state index is 6.11. The average Bonchev–Trinajstić information content (AvgIpc) is 2.51. The molecule has 0 aliphatic carbocycles. The highest BCUT2D eigenvalue weighted by Gasteiger charge is 2.20. The number of benzene rings is 2. The van der Waals surface area contributed by atoms with Gasteiger partial charge in [-0.05, 0) is 53.3 Å². The van der Waals surface area contributed by atoms with Gasteiger partial charge in [0.15, 0.2) is 0 Å². The van der Waals surface area contributed by atoms with Crippen molar-refractivity contribution in [1.82, 2.24) is 0 Å². The van der Waals surface area contributed by atoms with Crippen molar-refractivity contribution in [1.29, 1.82) is 0 Å². The summed E-state index contributed by atoms with van der Waals surface area (Å²) < 4.78 is 5.58. The molecule has 0 bridgehead atoms. The lowest BCUT2D eigenvalue weighted by Gasteiger charge is -2.24. The minimum absolute atomic E-state index is 0.0935. The summed E-state index contributed by atoms with van der Waals surface area (Å²) in [5.74, 6) is 1.10. The van der Waals surface area contributed by atoms with Gasteiger partial charge in [-0.3, -0.25) is 0 Å². The highest BCUT2D eigenvalue weighted by atomic mass is 35.5. The van der Waals surface area contributed by atoms with Gasteiger partial charge in [0.05, 0.1) is 7.11 Å². The Balaban J connectivity index is 2.39. The molecule has 0 heterocycles. The third kappa shape index (κ3) is 4.49. The van der Waals surface area contributed by atoms with Crippen molar-refractivity contribution >= 4 is 11.6 Å². The van der Waals surface area contributed by atoms with E-state index in [0.29, 0.717) is 6.54 Å². The van der Waals surface area contributed by atoms with Crippen LogP contribution in [0.15, 0.2) is 42.5 Å². The van der Waals surface area contributed by atoms with Crippen LogP contribution >= 0.6 is 11.6 Å². The summed E-state index contributed by atoms with van der Waals surface area (Å²) in [6.45, 7) is 7.21. The Hall–Kier alpha value is -1.51. The highest BCUT2D eigenvalue weighted by molar-refractivity contribution is 6.30. The predicted octanol–water partition coefficient (Wildman–Crippen LogP) is 4.93. The third-order valence-corrected chi connectivity index (χ3v) is 4.43. The summed E-state index contributed by atoms with van der Waals surface area (Å²) in [5, 5.41) is 0.758. The van der Waals surface area contributed by atoms with Gasteiger partial charge >= 0.3 is 0 Å². The van der Waals surface area contributed by atoms with Gasteiger partial charge in [-0.25, -0.2) is 0 Å². The van der Waals surface area contributed by atoms with E-state index in [1.54, 1.807) is 7.11 Å². The largest absolute Gasteiger partial charge is 0.496 e. The molecular weight excluding hydrogens is 306 g/mol. The van der Waals surface area contributed by atoms with E-state index < -0.39 is 0 Å². The van der Waals surface area contributed by atoms with Crippen LogP contribution < -0.4 is 10.5 Å². The number of hydrogen-bond acceptors (Lipinski definition) is 2. The Morgan fingerprint density at radius 1 is 1.13 bits per heavy atom. The van der Waals surface area contributed by atoms with E-state index in [0.717, 1.165) is 17.2 Å². The zero-order valence-corrected chi connectivity index (χ0v) is 15.2. The molecule has 23 heavy (non-hydrogen) atoms. The molecule has 0 saturated carbocycles. The van der Waals surface area contributed by atoms with Crippen LogP contribution in [0, 0.1) is 0 Å². The molecule has 0 aliphatic heterocycles. The smallest absolute Gasteiger partial charge is 0.122 e. The van der Waals surface area contributed by atoms with Crippen molar-refractivity contribution in [2.45, 2.75) is 38.5 Å². The topological polar surface area (TPSA) is 35.2 Å². The van der Waals surface area contributed by atoms with Gasteiger partial charge in [0.2, 0.25) is 0 Å². The molecule has 0 aromatic heterocycles. The molecule has 0 aliphatic rings. The van der Waals surface area contributed by atoms with Crippen LogP contribution in [-0.4, -0.2) is 13.7 Å². The minimum Gasteiger partial charge on any atom is -0.496 e. The van der Waals surface area contributed by atoms with Gasteiger partial charge in [0.25, 0.3) is 0 Å². The average molecular weight is 332 g/mol. The number of halogens is 1. The molecule has 1 atom stereocenters. The van der Waals surface area contributed by atoms with E-state index in [1.807, 2.05) is 18.2 Å². The number of nitrogens with two attached hydrogens (primary N) is 1. The first kappa shape index (κ1) is 17.8. The molecule has 2 nitrogen and oxygen atoms in total. The van der Waals surface area contributed by atoms with Gasteiger partial charge in [0, 0.05) is 10.9 Å². The second kappa shape index (κ2) is 7.37. The third-order valence-electron chi connectivity index (χ3n) is 4.19. The minimum atomic E-state index is 0.0935. The van der Waals surface area contributed by atoms with E-state index in [9.17, 15) is 0 Å². The Labute approximate surface area is 144 Å². The molecule has 0 saturated heterocycles. The Morgan fingerprint density at radius 3 is 2.43 bits per heavy atom. The Morgan fingerprint density at radius 2 is 1.87 bits per heavy atom. The van der Waals surface area contributed by atoms with Crippen LogP contribution in [0.4, 0.5) is 0 Å². The normalized spacial score (nSPS) is 13.0. The Kier molecular flexibility index (Phi) is 5.72. The van der Waals surface area contributed by atoms with Crippen molar-refractivity contribution in [3.63, 3.8) is 0 Å². The van der Waals surface area contributed by atoms with Gasteiger partial charge in [-0.15, -0.1) is 0 Å². The second-order valence-corrected chi connectivity index (χ2v) is 7.41. The lowest BCUT2D eigenvalue weighted by atomic mass is 9.83. The molecule has 0 spiro atoms. The van der Waals surface area contributed by atoms with Crippen LogP contribution in [0.1, 0.15) is 43.4 Å². The molecule has 124 valence electrons. The summed E-state index contributed by atoms with van der Waals surface area (Å²) in [4.78, 5) is 0. The molecule has 2 aromatic carbocycles. The monoisotopic (exact) mass is 331 g/mol. The van der Waals surface area contributed by atoms with Crippen molar-refractivity contribution < 1.29 is 4.74 Å². The molecule has 0 amide bonds. The van der Waals surface area contributed by atoms with Crippen LogP contribution in [0.5, 0.6) is 5.75 Å². The molecule has 2 N–H and O–H groups in total. The van der Waals surface area contributed by atoms with Crippen LogP contribution in [0.2, 0.25) is 5.02 Å². The van der Waals surface area contributed by atoms with Crippen molar-refractivity contribution in [2.24, 2.45) is 5.73 Å². The fraction of sp³-hybridized carbons (Fsp3) is 0.400. The zero-order valence-electron chi connectivity index (χ0n) is 14.4. The molecule has 1 unspecified atom stereocenters. The Bertz CT molecular complexity index is 661. The first-order chi connectivity index (χ1) is 10.8. The van der Waals surface area contributed by atoms with Crippen molar-refractivity contribution in [2.75, 3.05) is 13.7 Å². The van der Waals surface area contributed by atoms with Gasteiger partial charge in [-0.2, -0.15) is 0 Å². The van der Waals surface area contributed by atoms with E-state index in [-0.39, 0.29) is 11.3 Å². The van der Waals surface area contributed by atoms with Crippen LogP contribution in [0.3, 0.4) is 0 Å². The summed E-state index contributed by atoms with van der Waals surface area (Å²) in [6.07, 6.45) is 0.848. The number of methoxy groups -OCH3 is 1. The van der Waals surface area contributed by atoms with Crippen LogP contribution in [0.25, 0.3) is 0 Å². The maximum Gasteiger partial charge on any atom is 0.122 e. The van der Waals surface area contributed by atoms with Crippen molar-refractivity contribution in [3.05, 3.63) is 64.2 Å². The maximum absolute atomic E-state index is 6.11. The zero-order chi connectivity index (χ0) is 17.0. The molecule has 0 fully saturated rings. The molecule has 2 aromatic rings. The number of ether oxygens (including phenoxy) is 1. The predicted molar refractivity (Wildman–Crippen MR) is 98.6 cm³/mol. The van der Waals surface area contributed by atoms with E-state index in [2.05, 4.69) is 45.0 Å². The van der Waals surface area contributed by atoms with Gasteiger partial charge < -0.3 is 10.5 Å². The molecule has 3 heteroatoms. The van der Waals surface area contributed by atoms with E-state index in [1.165, 1.54) is 16.7 Å². The summed E-state index contributed by atoms with van der Waals surface area (Å²) in [5.41, 5.74) is 9.83. The first-order valence-corrected chi connectivity index (χ1v) is 8.36. The van der Waals surface area contributed by atoms with Gasteiger partial charge in [0.1, 0.15) is 5.75 Å². The summed E-state index contributed by atoms with van der Waals surface area (Å²) >= 11 is 6.11. The fourth-order valence-electron chi connectivity index (χ4n) is 2.79. The summed E-state index contributed by atoms with van der Waals surface area (Å²) in [7, 11) is 1.71.